The molecule has 25 heavy (non-hydrogen) atoms. The van der Waals surface area contributed by atoms with Gasteiger partial charge in [0.2, 0.25) is 5.91 Å². The first-order valence-electron chi connectivity index (χ1n) is 10.3. The number of carbonyl (C=O) groups is 1. The Hall–Kier alpha value is -1.35. The van der Waals surface area contributed by atoms with Crippen LogP contribution in [-0.2, 0) is 10.2 Å². The maximum Gasteiger partial charge on any atom is 0.217 e. The fourth-order valence-corrected chi connectivity index (χ4v) is 6.68. The molecule has 5 rings (SSSR count). The van der Waals surface area contributed by atoms with Crippen molar-refractivity contribution in [2.45, 2.75) is 69.4 Å². The van der Waals surface area contributed by atoms with E-state index in [-0.39, 0.29) is 18.8 Å². The van der Waals surface area contributed by atoms with Crippen molar-refractivity contribution >= 4 is 5.91 Å². The Labute approximate surface area is 152 Å². The number of likely N-dealkylation sites (tertiary alicyclic amines) is 1. The lowest BCUT2D eigenvalue weighted by Crippen LogP contribution is -2.48. The van der Waals surface area contributed by atoms with E-state index in [1.807, 2.05) is 0 Å². The molecule has 3 aliphatic carbocycles. The molecule has 1 heterocycles. The van der Waals surface area contributed by atoms with E-state index in [0.29, 0.717) is 0 Å². The van der Waals surface area contributed by atoms with E-state index in [1.165, 1.54) is 62.7 Å². The Kier molecular flexibility index (Phi) is 3.70. The molecule has 1 spiro atoms. The van der Waals surface area contributed by atoms with E-state index in [2.05, 4.69) is 34.5 Å². The van der Waals surface area contributed by atoms with E-state index in [4.69, 9.17) is 0 Å². The summed E-state index contributed by atoms with van der Waals surface area (Å²) >= 11 is 0. The molecule has 1 N–H and O–H groups in total. The second-order valence-corrected chi connectivity index (χ2v) is 9.10. The van der Waals surface area contributed by atoms with Crippen LogP contribution in [0.5, 0.6) is 0 Å². The first kappa shape index (κ1) is 15.9. The maximum absolute atomic E-state index is 11.7. The molecule has 136 valence electrons. The van der Waals surface area contributed by atoms with Crippen LogP contribution in [0.15, 0.2) is 24.3 Å². The predicted molar refractivity (Wildman–Crippen MR) is 101 cm³/mol. The molecule has 0 unspecified atom stereocenters. The molecule has 1 aliphatic heterocycles. The highest BCUT2D eigenvalue weighted by Gasteiger charge is 2.48. The number of hydrogen-bond donors (Lipinski definition) is 1. The van der Waals surface area contributed by atoms with Crippen molar-refractivity contribution in [3.05, 3.63) is 35.4 Å². The minimum absolute atomic E-state index is 0. The third kappa shape index (κ3) is 2.54. The first-order chi connectivity index (χ1) is 12.1. The number of nitrogens with one attached hydrogen (secondary N) is 1. The zero-order valence-electron chi connectivity index (χ0n) is 15.3. The van der Waals surface area contributed by atoms with E-state index in [1.54, 1.807) is 6.92 Å². The Bertz CT molecular complexity index is 682. The SMILES string of the molecule is CC(=O)N[C@H]1CC2(CCN([C@@H]3C[C@H]4CC[C@@H]3C4)CC2)c2ccccc21.[HH]. The molecule has 0 aromatic heterocycles. The molecule has 2 bridgehead atoms. The smallest absolute Gasteiger partial charge is 0.217 e. The Morgan fingerprint density at radius 2 is 2.00 bits per heavy atom. The largest absolute Gasteiger partial charge is 0.349 e. The summed E-state index contributed by atoms with van der Waals surface area (Å²) in [5, 5.41) is 3.21. The summed E-state index contributed by atoms with van der Waals surface area (Å²) in [4.78, 5) is 14.5. The fourth-order valence-electron chi connectivity index (χ4n) is 6.68. The highest BCUT2D eigenvalue weighted by Crippen LogP contribution is 2.53. The van der Waals surface area contributed by atoms with Gasteiger partial charge in [-0.15, -0.1) is 0 Å². The molecule has 0 radical (unpaired) electrons. The van der Waals surface area contributed by atoms with Crippen molar-refractivity contribution in [2.24, 2.45) is 11.8 Å². The van der Waals surface area contributed by atoms with Crippen molar-refractivity contribution in [2.75, 3.05) is 13.1 Å². The van der Waals surface area contributed by atoms with Crippen LogP contribution < -0.4 is 5.32 Å². The number of hydrogen-bond acceptors (Lipinski definition) is 2. The number of nitrogens with zero attached hydrogens (tertiary/aromatic N) is 1. The van der Waals surface area contributed by atoms with Gasteiger partial charge in [-0.25, -0.2) is 0 Å². The third-order valence-corrected chi connectivity index (χ3v) is 7.80. The number of amides is 1. The van der Waals surface area contributed by atoms with Gasteiger partial charge in [0, 0.05) is 19.8 Å². The number of fused-ring (bicyclic) bond motifs is 4. The van der Waals surface area contributed by atoms with Crippen molar-refractivity contribution in [1.82, 2.24) is 10.2 Å². The van der Waals surface area contributed by atoms with E-state index in [9.17, 15) is 4.79 Å². The van der Waals surface area contributed by atoms with Gasteiger partial charge in [-0.05, 0) is 74.6 Å². The van der Waals surface area contributed by atoms with Crippen molar-refractivity contribution in [1.29, 1.82) is 0 Å². The lowest BCUT2D eigenvalue weighted by molar-refractivity contribution is -0.119. The van der Waals surface area contributed by atoms with Gasteiger partial charge >= 0.3 is 0 Å². The second-order valence-electron chi connectivity index (χ2n) is 9.10. The molecule has 1 saturated heterocycles. The van der Waals surface area contributed by atoms with Crippen LogP contribution in [0.1, 0.15) is 70.5 Å². The zero-order chi connectivity index (χ0) is 17.0. The quantitative estimate of drug-likeness (QED) is 0.881. The standard InChI is InChI=1S/C22H30N2O.H2/c1-15(25)23-20-14-22(19-5-3-2-4-18(19)20)8-10-24(11-9-22)21-13-16-6-7-17(21)12-16;/h2-5,16-17,20-21H,6-14H2,1H3,(H,23,25);1H/t16-,17+,20-,21+;/m0./s1. The van der Waals surface area contributed by atoms with Crippen LogP contribution in [-0.4, -0.2) is 29.9 Å². The molecule has 4 atom stereocenters. The van der Waals surface area contributed by atoms with Crippen LogP contribution >= 0.6 is 0 Å². The molecular formula is C22H32N2O. The number of carbonyl (C=O) groups excluding carboxylic acids is 1. The monoisotopic (exact) mass is 340 g/mol. The summed E-state index contributed by atoms with van der Waals surface area (Å²) in [6.45, 7) is 4.13. The van der Waals surface area contributed by atoms with Gasteiger partial charge in [0.05, 0.1) is 6.04 Å². The Balaban J connectivity index is 0.00000168. The molecule has 2 saturated carbocycles. The van der Waals surface area contributed by atoms with Crippen LogP contribution in [0, 0.1) is 11.8 Å². The normalized spacial score (nSPS) is 35.9. The molecule has 4 aliphatic rings. The molecule has 3 heteroatoms. The summed E-state index contributed by atoms with van der Waals surface area (Å²) < 4.78 is 0. The van der Waals surface area contributed by atoms with Crippen LogP contribution in [0.4, 0.5) is 0 Å². The van der Waals surface area contributed by atoms with E-state index < -0.39 is 0 Å². The average molecular weight is 341 g/mol. The fraction of sp³-hybridized carbons (Fsp3) is 0.682. The van der Waals surface area contributed by atoms with Gasteiger partial charge in [0.1, 0.15) is 0 Å². The molecule has 3 nitrogen and oxygen atoms in total. The number of rotatable bonds is 2. The highest BCUT2D eigenvalue weighted by molar-refractivity contribution is 5.73. The van der Waals surface area contributed by atoms with Crippen molar-refractivity contribution in [3.8, 4) is 0 Å². The van der Waals surface area contributed by atoms with Gasteiger partial charge in [-0.1, -0.05) is 30.7 Å². The Morgan fingerprint density at radius 3 is 2.68 bits per heavy atom. The second kappa shape index (κ2) is 5.84. The maximum atomic E-state index is 11.7. The zero-order valence-corrected chi connectivity index (χ0v) is 15.3. The minimum atomic E-state index is 0. The summed E-state index contributed by atoms with van der Waals surface area (Å²) in [5.41, 5.74) is 3.17. The lowest BCUT2D eigenvalue weighted by Gasteiger charge is -2.44. The Morgan fingerprint density at radius 1 is 1.20 bits per heavy atom. The lowest BCUT2D eigenvalue weighted by atomic mass is 9.73. The first-order valence-corrected chi connectivity index (χ1v) is 10.3. The van der Waals surface area contributed by atoms with Gasteiger partial charge in [-0.2, -0.15) is 0 Å². The van der Waals surface area contributed by atoms with Gasteiger partial charge in [0.15, 0.2) is 0 Å². The molecule has 3 fully saturated rings. The van der Waals surface area contributed by atoms with Crippen LogP contribution in [0.3, 0.4) is 0 Å². The molecule has 1 amide bonds. The van der Waals surface area contributed by atoms with Gasteiger partial charge in [0.25, 0.3) is 0 Å². The average Bonchev–Trinajstić information content (AvgIpc) is 3.31. The molecule has 1 aromatic rings. The topological polar surface area (TPSA) is 32.3 Å². The summed E-state index contributed by atoms with van der Waals surface area (Å²) in [5.74, 6) is 2.11. The number of benzene rings is 1. The van der Waals surface area contributed by atoms with Crippen molar-refractivity contribution in [3.63, 3.8) is 0 Å². The third-order valence-electron chi connectivity index (χ3n) is 7.80. The van der Waals surface area contributed by atoms with Gasteiger partial charge < -0.3 is 10.2 Å². The van der Waals surface area contributed by atoms with E-state index >= 15 is 0 Å². The molecule has 1 aromatic carbocycles. The predicted octanol–water partition coefficient (Wildman–Crippen LogP) is 4.04. The van der Waals surface area contributed by atoms with Gasteiger partial charge in [-0.3, -0.25) is 4.79 Å². The number of piperidine rings is 1. The van der Waals surface area contributed by atoms with Crippen LogP contribution in [0.25, 0.3) is 0 Å². The van der Waals surface area contributed by atoms with Crippen LogP contribution in [0.2, 0.25) is 0 Å². The summed E-state index contributed by atoms with van der Waals surface area (Å²) in [7, 11) is 0. The van der Waals surface area contributed by atoms with Crippen molar-refractivity contribution < 1.29 is 6.22 Å². The molecular weight excluding hydrogens is 308 g/mol. The summed E-state index contributed by atoms with van der Waals surface area (Å²) in [6, 6.07) is 9.94. The minimum Gasteiger partial charge on any atom is -0.349 e. The highest BCUT2D eigenvalue weighted by atomic mass is 16.1. The summed E-state index contributed by atoms with van der Waals surface area (Å²) in [6.07, 6.45) is 9.54. The van der Waals surface area contributed by atoms with E-state index in [0.717, 1.165) is 24.3 Å².